The average molecular weight is 256 g/mol. The second kappa shape index (κ2) is 6.34. The maximum absolute atomic E-state index is 5.39. The summed E-state index contributed by atoms with van der Waals surface area (Å²) in [6.07, 6.45) is 4.62. The van der Waals surface area contributed by atoms with E-state index in [1.165, 1.54) is 11.1 Å². The zero-order valence-corrected chi connectivity index (χ0v) is 11.7. The predicted molar refractivity (Wildman–Crippen MR) is 77.5 cm³/mol. The molecular formula is C16H20N2O. The Morgan fingerprint density at radius 3 is 2.79 bits per heavy atom. The fourth-order valence-corrected chi connectivity index (χ4v) is 2.19. The van der Waals surface area contributed by atoms with Crippen LogP contribution in [0.25, 0.3) is 0 Å². The van der Waals surface area contributed by atoms with Gasteiger partial charge < -0.3 is 10.1 Å². The monoisotopic (exact) mass is 256 g/mol. The lowest BCUT2D eigenvalue weighted by molar-refractivity contribution is 0.410. The number of hydrogen-bond donors (Lipinski definition) is 1. The first-order valence-corrected chi connectivity index (χ1v) is 6.45. The number of ether oxygens (including phenoxy) is 1. The minimum Gasteiger partial charge on any atom is -0.496 e. The second-order valence-corrected chi connectivity index (χ2v) is 4.64. The first kappa shape index (κ1) is 13.6. The van der Waals surface area contributed by atoms with Crippen molar-refractivity contribution in [2.75, 3.05) is 14.2 Å². The molecule has 0 aliphatic rings. The number of methoxy groups -OCH3 is 1. The highest BCUT2D eigenvalue weighted by molar-refractivity contribution is 5.38. The Kier molecular flexibility index (Phi) is 4.53. The molecule has 100 valence electrons. The Labute approximate surface area is 114 Å². The van der Waals surface area contributed by atoms with E-state index in [2.05, 4.69) is 41.5 Å². The SMILES string of the molecule is CNC(Cc1cccnc1)c1ccc(C)c(OC)c1. The van der Waals surface area contributed by atoms with Crippen molar-refractivity contribution in [3.63, 3.8) is 0 Å². The Morgan fingerprint density at radius 2 is 2.16 bits per heavy atom. The predicted octanol–water partition coefficient (Wildman–Crippen LogP) is 2.90. The largest absolute Gasteiger partial charge is 0.496 e. The third kappa shape index (κ3) is 3.32. The van der Waals surface area contributed by atoms with E-state index >= 15 is 0 Å². The van der Waals surface area contributed by atoms with Crippen LogP contribution < -0.4 is 10.1 Å². The van der Waals surface area contributed by atoms with Gasteiger partial charge in [0, 0.05) is 18.4 Å². The first-order chi connectivity index (χ1) is 9.24. The zero-order valence-electron chi connectivity index (χ0n) is 11.7. The highest BCUT2D eigenvalue weighted by atomic mass is 16.5. The zero-order chi connectivity index (χ0) is 13.7. The van der Waals surface area contributed by atoms with Gasteiger partial charge in [0.25, 0.3) is 0 Å². The molecule has 3 heteroatoms. The van der Waals surface area contributed by atoms with Crippen LogP contribution in [0.5, 0.6) is 5.75 Å². The van der Waals surface area contributed by atoms with Crippen LogP contribution in [0.3, 0.4) is 0 Å². The lowest BCUT2D eigenvalue weighted by Crippen LogP contribution is -2.19. The summed E-state index contributed by atoms with van der Waals surface area (Å²) >= 11 is 0. The number of aryl methyl sites for hydroxylation is 1. The van der Waals surface area contributed by atoms with E-state index in [1.54, 1.807) is 13.3 Å². The fourth-order valence-electron chi connectivity index (χ4n) is 2.19. The number of pyridine rings is 1. The quantitative estimate of drug-likeness (QED) is 0.893. The van der Waals surface area contributed by atoms with E-state index in [9.17, 15) is 0 Å². The third-order valence-corrected chi connectivity index (χ3v) is 3.35. The summed E-state index contributed by atoms with van der Waals surface area (Å²) in [7, 11) is 3.69. The van der Waals surface area contributed by atoms with Gasteiger partial charge >= 0.3 is 0 Å². The van der Waals surface area contributed by atoms with Crippen LogP contribution in [0.15, 0.2) is 42.7 Å². The summed E-state index contributed by atoms with van der Waals surface area (Å²) in [5.41, 5.74) is 3.61. The van der Waals surface area contributed by atoms with E-state index in [1.807, 2.05) is 19.3 Å². The maximum atomic E-state index is 5.39. The van der Waals surface area contributed by atoms with Gasteiger partial charge in [-0.2, -0.15) is 0 Å². The Hall–Kier alpha value is -1.87. The van der Waals surface area contributed by atoms with Crippen molar-refractivity contribution in [3.8, 4) is 5.75 Å². The molecule has 0 saturated carbocycles. The minimum atomic E-state index is 0.263. The summed E-state index contributed by atoms with van der Waals surface area (Å²) in [5, 5.41) is 3.35. The number of rotatable bonds is 5. The van der Waals surface area contributed by atoms with E-state index in [-0.39, 0.29) is 6.04 Å². The van der Waals surface area contributed by atoms with Crippen LogP contribution in [0, 0.1) is 6.92 Å². The molecule has 0 bridgehead atoms. The average Bonchev–Trinajstić information content (AvgIpc) is 2.46. The van der Waals surface area contributed by atoms with Gasteiger partial charge in [0.15, 0.2) is 0 Å². The molecule has 3 nitrogen and oxygen atoms in total. The molecule has 19 heavy (non-hydrogen) atoms. The number of aromatic nitrogens is 1. The van der Waals surface area contributed by atoms with Gasteiger partial charge in [-0.1, -0.05) is 18.2 Å². The van der Waals surface area contributed by atoms with Crippen LogP contribution >= 0.6 is 0 Å². The molecule has 1 unspecified atom stereocenters. The molecule has 0 spiro atoms. The van der Waals surface area contributed by atoms with Crippen molar-refractivity contribution < 1.29 is 4.74 Å². The number of likely N-dealkylation sites (N-methyl/N-ethyl adjacent to an activating group) is 1. The minimum absolute atomic E-state index is 0.263. The number of nitrogens with one attached hydrogen (secondary N) is 1. The molecule has 1 N–H and O–H groups in total. The molecule has 1 aromatic carbocycles. The summed E-state index contributed by atoms with van der Waals surface area (Å²) in [5.74, 6) is 0.934. The highest BCUT2D eigenvalue weighted by Crippen LogP contribution is 2.25. The molecule has 0 aliphatic heterocycles. The second-order valence-electron chi connectivity index (χ2n) is 4.64. The summed E-state index contributed by atoms with van der Waals surface area (Å²) < 4.78 is 5.39. The normalized spacial score (nSPS) is 12.2. The van der Waals surface area contributed by atoms with E-state index in [0.717, 1.165) is 17.7 Å². The molecule has 1 aromatic heterocycles. The van der Waals surface area contributed by atoms with E-state index in [4.69, 9.17) is 4.74 Å². The number of nitrogens with zero attached hydrogens (tertiary/aromatic N) is 1. The smallest absolute Gasteiger partial charge is 0.122 e. The Morgan fingerprint density at radius 1 is 1.32 bits per heavy atom. The molecule has 0 radical (unpaired) electrons. The van der Waals surface area contributed by atoms with Crippen LogP contribution in [-0.2, 0) is 6.42 Å². The first-order valence-electron chi connectivity index (χ1n) is 6.45. The lowest BCUT2D eigenvalue weighted by atomic mass is 9.98. The highest BCUT2D eigenvalue weighted by Gasteiger charge is 2.12. The molecule has 0 fully saturated rings. The summed E-state index contributed by atoms with van der Waals surface area (Å²) in [4.78, 5) is 4.16. The number of benzene rings is 1. The topological polar surface area (TPSA) is 34.2 Å². The van der Waals surface area contributed by atoms with Crippen molar-refractivity contribution >= 4 is 0 Å². The fraction of sp³-hybridized carbons (Fsp3) is 0.312. The van der Waals surface area contributed by atoms with Gasteiger partial charge in [-0.3, -0.25) is 4.98 Å². The van der Waals surface area contributed by atoms with Crippen LogP contribution in [0.4, 0.5) is 0 Å². The number of hydrogen-bond acceptors (Lipinski definition) is 3. The van der Waals surface area contributed by atoms with Gasteiger partial charge in [-0.25, -0.2) is 0 Å². The van der Waals surface area contributed by atoms with Crippen molar-refractivity contribution in [3.05, 3.63) is 59.4 Å². The van der Waals surface area contributed by atoms with Gasteiger partial charge in [0.1, 0.15) is 5.75 Å². The molecule has 1 heterocycles. The van der Waals surface area contributed by atoms with Crippen molar-refractivity contribution in [2.24, 2.45) is 0 Å². The van der Waals surface area contributed by atoms with E-state index < -0.39 is 0 Å². The lowest BCUT2D eigenvalue weighted by Gasteiger charge is -2.18. The molecule has 0 saturated heterocycles. The molecular weight excluding hydrogens is 236 g/mol. The van der Waals surface area contributed by atoms with Gasteiger partial charge in [-0.15, -0.1) is 0 Å². The van der Waals surface area contributed by atoms with E-state index in [0.29, 0.717) is 0 Å². The molecule has 0 amide bonds. The van der Waals surface area contributed by atoms with Crippen LogP contribution in [0.2, 0.25) is 0 Å². The van der Waals surface area contributed by atoms with Gasteiger partial charge in [-0.05, 0) is 49.2 Å². The molecule has 0 aliphatic carbocycles. The Bertz CT molecular complexity index is 526. The third-order valence-electron chi connectivity index (χ3n) is 3.35. The van der Waals surface area contributed by atoms with Gasteiger partial charge in [0.05, 0.1) is 7.11 Å². The molecule has 2 rings (SSSR count). The summed E-state index contributed by atoms with van der Waals surface area (Å²) in [6.45, 7) is 2.05. The Balaban J connectivity index is 2.22. The standard InChI is InChI=1S/C16H20N2O/c1-12-6-7-14(10-16(12)19-3)15(17-2)9-13-5-4-8-18-11-13/h4-8,10-11,15,17H,9H2,1-3H3. The molecule has 1 atom stereocenters. The maximum Gasteiger partial charge on any atom is 0.122 e. The van der Waals surface area contributed by atoms with Crippen molar-refractivity contribution in [1.82, 2.24) is 10.3 Å². The van der Waals surface area contributed by atoms with Crippen LogP contribution in [0.1, 0.15) is 22.7 Å². The summed E-state index contributed by atoms with van der Waals surface area (Å²) in [6, 6.07) is 10.7. The van der Waals surface area contributed by atoms with Crippen molar-refractivity contribution in [2.45, 2.75) is 19.4 Å². The van der Waals surface area contributed by atoms with Crippen LogP contribution in [-0.4, -0.2) is 19.1 Å². The van der Waals surface area contributed by atoms with Gasteiger partial charge in [0.2, 0.25) is 0 Å². The molecule has 2 aromatic rings. The van der Waals surface area contributed by atoms with Crippen molar-refractivity contribution in [1.29, 1.82) is 0 Å².